The van der Waals surface area contributed by atoms with Crippen LogP contribution in [0.1, 0.15) is 15.2 Å². The van der Waals surface area contributed by atoms with Gasteiger partial charge in [-0.2, -0.15) is 0 Å². The third-order valence-corrected chi connectivity index (χ3v) is 4.11. The maximum Gasteiger partial charge on any atom is 0.204 e. The number of hydrogen-bond donors (Lipinski definition) is 1. The van der Waals surface area contributed by atoms with Crippen LogP contribution in [0.2, 0.25) is 5.02 Å². The molecule has 0 radical (unpaired) electrons. The van der Waals surface area contributed by atoms with Crippen LogP contribution in [0.4, 0.5) is 5.69 Å². The molecule has 2 N–H and O–H groups in total. The molecule has 82 valence electrons. The maximum absolute atomic E-state index is 12.1. The van der Waals surface area contributed by atoms with Crippen molar-refractivity contribution in [2.75, 3.05) is 5.73 Å². The Morgan fingerprint density at radius 2 is 2.12 bits per heavy atom. The molecule has 1 aromatic carbocycles. The average Bonchev–Trinajstić information content (AvgIpc) is 2.67. The van der Waals surface area contributed by atoms with Gasteiger partial charge in [0.1, 0.15) is 0 Å². The second kappa shape index (κ2) is 4.57. The highest BCUT2D eigenvalue weighted by Gasteiger charge is 2.14. The first kappa shape index (κ1) is 11.6. The fraction of sp³-hybridized carbons (Fsp3) is 0. The zero-order valence-corrected chi connectivity index (χ0v) is 11.2. The Balaban J connectivity index is 2.42. The number of ketones is 1. The van der Waals surface area contributed by atoms with E-state index in [0.717, 1.165) is 0 Å². The van der Waals surface area contributed by atoms with Crippen molar-refractivity contribution in [3.63, 3.8) is 0 Å². The van der Waals surface area contributed by atoms with Gasteiger partial charge in [-0.15, -0.1) is 11.3 Å². The first-order valence-corrected chi connectivity index (χ1v) is 6.47. The summed E-state index contributed by atoms with van der Waals surface area (Å²) in [4.78, 5) is 12.6. The Kier molecular flexibility index (Phi) is 3.33. The van der Waals surface area contributed by atoms with Crippen molar-refractivity contribution in [3.8, 4) is 0 Å². The van der Waals surface area contributed by atoms with Crippen LogP contribution < -0.4 is 5.73 Å². The van der Waals surface area contributed by atoms with Gasteiger partial charge in [-0.05, 0) is 45.6 Å². The largest absolute Gasteiger partial charge is 0.398 e. The monoisotopic (exact) mass is 315 g/mol. The number of carbonyl (C=O) groups excluding carboxylic acids is 1. The first-order valence-electron chi connectivity index (χ1n) is 4.42. The Bertz CT molecular complexity index is 553. The van der Waals surface area contributed by atoms with E-state index in [1.165, 1.54) is 11.3 Å². The molecule has 2 nitrogen and oxygen atoms in total. The molecule has 5 heteroatoms. The highest BCUT2D eigenvalue weighted by atomic mass is 79.9. The molecule has 0 aliphatic rings. The fourth-order valence-electron chi connectivity index (χ4n) is 1.26. The molecule has 0 saturated carbocycles. The summed E-state index contributed by atoms with van der Waals surface area (Å²) in [5.74, 6) is -0.0827. The number of carbonyl (C=O) groups is 1. The molecule has 0 saturated heterocycles. The molecule has 0 atom stereocenters. The minimum atomic E-state index is -0.0827. The summed E-state index contributed by atoms with van der Waals surface area (Å²) in [7, 11) is 0. The van der Waals surface area contributed by atoms with Crippen LogP contribution in [0, 0.1) is 0 Å². The molecule has 1 aromatic heterocycles. The zero-order valence-electron chi connectivity index (χ0n) is 8.04. The molecule has 0 bridgehead atoms. The number of nitrogens with two attached hydrogens (primary N) is 1. The zero-order chi connectivity index (χ0) is 11.7. The van der Waals surface area contributed by atoms with E-state index >= 15 is 0 Å². The summed E-state index contributed by atoms with van der Waals surface area (Å²) in [5, 5.41) is 2.28. The predicted molar refractivity (Wildman–Crippen MR) is 71.3 cm³/mol. The first-order chi connectivity index (χ1) is 7.59. The molecule has 0 amide bonds. The topological polar surface area (TPSA) is 43.1 Å². The van der Waals surface area contributed by atoms with Gasteiger partial charge in [-0.3, -0.25) is 4.79 Å². The third kappa shape index (κ3) is 2.14. The van der Waals surface area contributed by atoms with Gasteiger partial charge in [0.25, 0.3) is 0 Å². The summed E-state index contributed by atoms with van der Waals surface area (Å²) < 4.78 is 0.714. The number of benzene rings is 1. The number of hydrogen-bond acceptors (Lipinski definition) is 3. The molecular formula is C11H7BrClNOS. The average molecular weight is 317 g/mol. The second-order valence-electron chi connectivity index (χ2n) is 3.16. The van der Waals surface area contributed by atoms with Gasteiger partial charge >= 0.3 is 0 Å². The Hall–Kier alpha value is -0.840. The summed E-state index contributed by atoms with van der Waals surface area (Å²) in [6, 6.07) is 6.80. The quantitative estimate of drug-likeness (QED) is 0.673. The van der Waals surface area contributed by atoms with Crippen LogP contribution in [0.3, 0.4) is 0 Å². The minimum Gasteiger partial charge on any atom is -0.398 e. The molecule has 0 aliphatic heterocycles. The number of halogens is 2. The van der Waals surface area contributed by atoms with E-state index in [0.29, 0.717) is 25.6 Å². The van der Waals surface area contributed by atoms with E-state index in [2.05, 4.69) is 15.9 Å². The van der Waals surface area contributed by atoms with E-state index in [9.17, 15) is 4.79 Å². The molecule has 0 fully saturated rings. The lowest BCUT2D eigenvalue weighted by Gasteiger charge is -2.02. The maximum atomic E-state index is 12.1. The Morgan fingerprint density at radius 3 is 2.69 bits per heavy atom. The summed E-state index contributed by atoms with van der Waals surface area (Å²) in [6.45, 7) is 0. The van der Waals surface area contributed by atoms with Gasteiger partial charge in [-0.1, -0.05) is 11.6 Å². The van der Waals surface area contributed by atoms with Crippen molar-refractivity contribution < 1.29 is 4.79 Å². The van der Waals surface area contributed by atoms with Crippen LogP contribution in [0.25, 0.3) is 0 Å². The smallest absolute Gasteiger partial charge is 0.204 e. The van der Waals surface area contributed by atoms with Gasteiger partial charge in [0.15, 0.2) is 0 Å². The lowest BCUT2D eigenvalue weighted by atomic mass is 10.1. The van der Waals surface area contributed by atoms with Crippen LogP contribution in [-0.2, 0) is 0 Å². The van der Waals surface area contributed by atoms with Crippen molar-refractivity contribution >= 4 is 50.3 Å². The summed E-state index contributed by atoms with van der Waals surface area (Å²) >= 11 is 10.5. The molecule has 16 heavy (non-hydrogen) atoms. The number of thiophene rings is 1. The highest BCUT2D eigenvalue weighted by Crippen LogP contribution is 2.27. The van der Waals surface area contributed by atoms with E-state index in [4.69, 9.17) is 17.3 Å². The van der Waals surface area contributed by atoms with Crippen molar-refractivity contribution in [2.24, 2.45) is 0 Å². The lowest BCUT2D eigenvalue weighted by molar-refractivity contribution is 0.104. The SMILES string of the molecule is Nc1ccc(C(=O)c2sccc2Cl)cc1Br. The van der Waals surface area contributed by atoms with Crippen molar-refractivity contribution in [1.29, 1.82) is 0 Å². The van der Waals surface area contributed by atoms with Gasteiger partial charge in [0.2, 0.25) is 5.78 Å². The number of nitrogen functional groups attached to an aromatic ring is 1. The molecular weight excluding hydrogens is 310 g/mol. The van der Waals surface area contributed by atoms with Crippen LogP contribution in [-0.4, -0.2) is 5.78 Å². The standard InChI is InChI=1S/C11H7BrClNOS/c12-7-5-6(1-2-9(7)14)10(15)11-8(13)3-4-16-11/h1-5H,14H2. The predicted octanol–water partition coefficient (Wildman–Crippen LogP) is 3.98. The van der Waals surface area contributed by atoms with Crippen molar-refractivity contribution in [2.45, 2.75) is 0 Å². The highest BCUT2D eigenvalue weighted by molar-refractivity contribution is 9.10. The van der Waals surface area contributed by atoms with Crippen LogP contribution >= 0.6 is 38.9 Å². The van der Waals surface area contributed by atoms with Gasteiger partial charge in [0, 0.05) is 15.7 Å². The minimum absolute atomic E-state index is 0.0827. The van der Waals surface area contributed by atoms with E-state index < -0.39 is 0 Å². The molecule has 1 heterocycles. The molecule has 0 aliphatic carbocycles. The van der Waals surface area contributed by atoms with Crippen LogP contribution in [0.5, 0.6) is 0 Å². The summed E-state index contributed by atoms with van der Waals surface area (Å²) in [5.41, 5.74) is 6.84. The number of rotatable bonds is 2. The molecule has 2 rings (SSSR count). The van der Waals surface area contributed by atoms with Gasteiger partial charge in [0.05, 0.1) is 9.90 Å². The van der Waals surface area contributed by atoms with Crippen molar-refractivity contribution in [3.05, 3.63) is 49.6 Å². The second-order valence-corrected chi connectivity index (χ2v) is 5.34. The lowest BCUT2D eigenvalue weighted by Crippen LogP contribution is -2.00. The van der Waals surface area contributed by atoms with Gasteiger partial charge in [-0.25, -0.2) is 0 Å². The van der Waals surface area contributed by atoms with E-state index in [1.54, 1.807) is 29.6 Å². The van der Waals surface area contributed by atoms with Gasteiger partial charge < -0.3 is 5.73 Å². The molecule has 0 unspecified atom stereocenters. The number of anilines is 1. The van der Waals surface area contributed by atoms with E-state index in [-0.39, 0.29) is 5.78 Å². The third-order valence-electron chi connectivity index (χ3n) is 2.09. The van der Waals surface area contributed by atoms with Crippen molar-refractivity contribution in [1.82, 2.24) is 0 Å². The Labute approximate surface area is 110 Å². The normalized spacial score (nSPS) is 10.4. The Morgan fingerprint density at radius 1 is 1.38 bits per heavy atom. The fourth-order valence-corrected chi connectivity index (χ4v) is 2.74. The molecule has 0 spiro atoms. The van der Waals surface area contributed by atoms with Crippen LogP contribution in [0.15, 0.2) is 34.1 Å². The molecule has 2 aromatic rings. The van der Waals surface area contributed by atoms with E-state index in [1.807, 2.05) is 0 Å². The summed E-state index contributed by atoms with van der Waals surface area (Å²) in [6.07, 6.45) is 0.